The van der Waals surface area contributed by atoms with Gasteiger partial charge in [0.2, 0.25) is 0 Å². The Balaban J connectivity index is 0.00000180. The number of aryl methyl sites for hydroxylation is 1. The zero-order chi connectivity index (χ0) is 13.3. The van der Waals surface area contributed by atoms with E-state index in [2.05, 4.69) is 4.98 Å². The molecule has 2 N–H and O–H groups in total. The van der Waals surface area contributed by atoms with E-state index in [9.17, 15) is 8.42 Å². The second kappa shape index (κ2) is 6.21. The molecule has 2 heterocycles. The molecule has 1 aliphatic heterocycles. The fourth-order valence-electron chi connectivity index (χ4n) is 2.28. The number of aromatic nitrogens is 2. The predicted octanol–water partition coefficient (Wildman–Crippen LogP) is 0.590. The molecule has 8 heteroatoms. The summed E-state index contributed by atoms with van der Waals surface area (Å²) in [6.45, 7) is 2.99. The highest BCUT2D eigenvalue weighted by atomic mass is 35.5. The summed E-state index contributed by atoms with van der Waals surface area (Å²) in [4.78, 5) is 3.93. The van der Waals surface area contributed by atoms with Crippen molar-refractivity contribution in [2.24, 2.45) is 18.7 Å². The number of hydrogen-bond acceptors (Lipinski definition) is 4. The standard InChI is InChI=1S/C11H20N4O2S.ClH/c1-9(12)10-4-3-5-15(6-10)18(16,17)11-7-14(2)8-13-11;/h7-10H,3-6,12H2,1-2H3;1H. The first-order valence-electron chi connectivity index (χ1n) is 6.15. The highest BCUT2D eigenvalue weighted by Crippen LogP contribution is 2.24. The molecule has 1 saturated heterocycles. The lowest BCUT2D eigenvalue weighted by atomic mass is 9.93. The lowest BCUT2D eigenvalue weighted by Gasteiger charge is -2.33. The summed E-state index contributed by atoms with van der Waals surface area (Å²) in [5.41, 5.74) is 5.87. The first kappa shape index (κ1) is 16.4. The number of sulfonamides is 1. The van der Waals surface area contributed by atoms with E-state index in [-0.39, 0.29) is 29.4 Å². The molecule has 1 aliphatic rings. The number of piperidine rings is 1. The second-order valence-corrected chi connectivity index (χ2v) is 6.89. The van der Waals surface area contributed by atoms with Crippen molar-refractivity contribution in [3.05, 3.63) is 12.5 Å². The van der Waals surface area contributed by atoms with Crippen molar-refractivity contribution in [1.29, 1.82) is 0 Å². The Morgan fingerprint density at radius 2 is 2.21 bits per heavy atom. The van der Waals surface area contributed by atoms with Gasteiger partial charge >= 0.3 is 0 Å². The predicted molar refractivity (Wildman–Crippen MR) is 75.6 cm³/mol. The van der Waals surface area contributed by atoms with Crippen molar-refractivity contribution in [3.63, 3.8) is 0 Å². The Bertz CT molecular complexity index is 515. The quantitative estimate of drug-likeness (QED) is 0.886. The van der Waals surface area contributed by atoms with E-state index in [1.807, 2.05) is 6.92 Å². The van der Waals surface area contributed by atoms with Crippen LogP contribution in [0.5, 0.6) is 0 Å². The maximum absolute atomic E-state index is 12.4. The van der Waals surface area contributed by atoms with Gasteiger partial charge in [-0.3, -0.25) is 0 Å². The molecule has 1 aromatic rings. The Hall–Kier alpha value is -0.630. The molecule has 0 spiro atoms. The van der Waals surface area contributed by atoms with Gasteiger partial charge in [0.1, 0.15) is 0 Å². The third-order valence-electron chi connectivity index (χ3n) is 3.45. The van der Waals surface area contributed by atoms with E-state index in [0.717, 1.165) is 12.8 Å². The van der Waals surface area contributed by atoms with Crippen molar-refractivity contribution in [2.45, 2.75) is 30.8 Å². The Kier molecular flexibility index (Phi) is 5.37. The number of halogens is 1. The first-order valence-corrected chi connectivity index (χ1v) is 7.59. The van der Waals surface area contributed by atoms with Crippen LogP contribution in [0.2, 0.25) is 0 Å². The average Bonchev–Trinajstić information content (AvgIpc) is 2.77. The van der Waals surface area contributed by atoms with Gasteiger partial charge in [-0.2, -0.15) is 4.31 Å². The van der Waals surface area contributed by atoms with E-state index in [0.29, 0.717) is 13.1 Å². The molecule has 1 aromatic heterocycles. The summed E-state index contributed by atoms with van der Waals surface area (Å²) in [5, 5.41) is 0.121. The van der Waals surface area contributed by atoms with Crippen LogP contribution >= 0.6 is 12.4 Å². The summed E-state index contributed by atoms with van der Waals surface area (Å²) in [7, 11) is -1.70. The molecule has 0 radical (unpaired) electrons. The fraction of sp³-hybridized carbons (Fsp3) is 0.727. The van der Waals surface area contributed by atoms with Crippen LogP contribution in [0.3, 0.4) is 0 Å². The van der Waals surface area contributed by atoms with E-state index in [4.69, 9.17) is 5.73 Å². The largest absolute Gasteiger partial charge is 0.339 e. The van der Waals surface area contributed by atoms with Crippen LogP contribution < -0.4 is 5.73 Å². The summed E-state index contributed by atoms with van der Waals surface area (Å²) >= 11 is 0. The minimum atomic E-state index is -3.46. The molecule has 2 atom stereocenters. The summed E-state index contributed by atoms with van der Waals surface area (Å²) in [6, 6.07) is 0.0201. The SMILES string of the molecule is CC(N)C1CCCN(S(=O)(=O)c2cn(C)cn2)C1.Cl. The smallest absolute Gasteiger partial charge is 0.262 e. The maximum Gasteiger partial charge on any atom is 0.262 e. The van der Waals surface area contributed by atoms with E-state index in [1.54, 1.807) is 11.6 Å². The fourth-order valence-corrected chi connectivity index (χ4v) is 3.78. The van der Waals surface area contributed by atoms with Crippen LogP contribution in [-0.2, 0) is 17.1 Å². The normalized spacial score (nSPS) is 22.8. The molecular weight excluding hydrogens is 288 g/mol. The molecule has 6 nitrogen and oxygen atoms in total. The molecule has 2 unspecified atom stereocenters. The minimum Gasteiger partial charge on any atom is -0.339 e. The monoisotopic (exact) mass is 308 g/mol. The average molecular weight is 309 g/mol. The van der Waals surface area contributed by atoms with Gasteiger partial charge in [0.15, 0.2) is 5.03 Å². The molecule has 0 saturated carbocycles. The molecule has 1 fully saturated rings. The third kappa shape index (κ3) is 3.47. The Labute approximate surface area is 120 Å². The summed E-state index contributed by atoms with van der Waals surface area (Å²) in [6.07, 6.45) is 4.88. The topological polar surface area (TPSA) is 81.2 Å². The molecule has 19 heavy (non-hydrogen) atoms. The zero-order valence-corrected chi connectivity index (χ0v) is 12.8. The third-order valence-corrected chi connectivity index (χ3v) is 5.20. The van der Waals surface area contributed by atoms with Crippen LogP contribution in [0.15, 0.2) is 17.6 Å². The molecule has 110 valence electrons. The second-order valence-electron chi connectivity index (χ2n) is 5.00. The van der Waals surface area contributed by atoms with Crippen LogP contribution in [0, 0.1) is 5.92 Å². The van der Waals surface area contributed by atoms with Gasteiger partial charge in [0.25, 0.3) is 10.0 Å². The molecule has 0 aliphatic carbocycles. The lowest BCUT2D eigenvalue weighted by molar-refractivity contribution is 0.242. The van der Waals surface area contributed by atoms with Crippen LogP contribution in [0.25, 0.3) is 0 Å². The first-order chi connectivity index (χ1) is 8.41. The van der Waals surface area contributed by atoms with Gasteiger partial charge in [-0.25, -0.2) is 13.4 Å². The van der Waals surface area contributed by atoms with Gasteiger partial charge in [-0.1, -0.05) is 0 Å². The number of nitrogens with two attached hydrogens (primary N) is 1. The number of nitrogens with zero attached hydrogens (tertiary/aromatic N) is 3. The Morgan fingerprint density at radius 3 is 2.74 bits per heavy atom. The molecule has 0 aromatic carbocycles. The van der Waals surface area contributed by atoms with Crippen molar-refractivity contribution >= 4 is 22.4 Å². The molecule has 0 amide bonds. The van der Waals surface area contributed by atoms with E-state index < -0.39 is 10.0 Å². The lowest BCUT2D eigenvalue weighted by Crippen LogP contribution is -2.45. The van der Waals surface area contributed by atoms with Crippen molar-refractivity contribution < 1.29 is 8.42 Å². The van der Waals surface area contributed by atoms with Crippen LogP contribution in [0.1, 0.15) is 19.8 Å². The number of hydrogen-bond donors (Lipinski definition) is 1. The van der Waals surface area contributed by atoms with Crippen molar-refractivity contribution in [1.82, 2.24) is 13.9 Å². The summed E-state index contributed by atoms with van der Waals surface area (Å²) < 4.78 is 27.9. The molecule has 2 rings (SSSR count). The van der Waals surface area contributed by atoms with Gasteiger partial charge < -0.3 is 10.3 Å². The van der Waals surface area contributed by atoms with Gasteiger partial charge in [-0.05, 0) is 25.7 Å². The van der Waals surface area contributed by atoms with E-state index >= 15 is 0 Å². The van der Waals surface area contributed by atoms with Gasteiger partial charge in [0, 0.05) is 32.4 Å². The molecular formula is C11H21ClN4O2S. The number of rotatable bonds is 3. The van der Waals surface area contributed by atoms with Crippen molar-refractivity contribution in [2.75, 3.05) is 13.1 Å². The number of imidazole rings is 1. The zero-order valence-electron chi connectivity index (χ0n) is 11.2. The highest BCUT2D eigenvalue weighted by molar-refractivity contribution is 7.89. The van der Waals surface area contributed by atoms with Gasteiger partial charge in [0.05, 0.1) is 6.33 Å². The minimum absolute atomic E-state index is 0. The van der Waals surface area contributed by atoms with Crippen molar-refractivity contribution in [3.8, 4) is 0 Å². The van der Waals surface area contributed by atoms with E-state index in [1.165, 1.54) is 16.8 Å². The van der Waals surface area contributed by atoms with Crippen LogP contribution in [0.4, 0.5) is 0 Å². The molecule has 0 bridgehead atoms. The van der Waals surface area contributed by atoms with Crippen LogP contribution in [-0.4, -0.2) is 41.4 Å². The summed E-state index contributed by atoms with van der Waals surface area (Å²) in [5.74, 6) is 0.234. The Morgan fingerprint density at radius 1 is 1.53 bits per heavy atom. The highest BCUT2D eigenvalue weighted by Gasteiger charge is 2.32. The van der Waals surface area contributed by atoms with Gasteiger partial charge in [-0.15, -0.1) is 12.4 Å². The maximum atomic E-state index is 12.4.